The van der Waals surface area contributed by atoms with E-state index in [1.165, 1.54) is 0 Å². The van der Waals surface area contributed by atoms with Crippen LogP contribution in [0, 0.1) is 0 Å². The Kier molecular flexibility index (Phi) is 4.98. The van der Waals surface area contributed by atoms with Gasteiger partial charge in [-0.3, -0.25) is 18.7 Å². The Morgan fingerprint density at radius 2 is 1.40 bits per heavy atom. The van der Waals surface area contributed by atoms with Crippen molar-refractivity contribution < 1.29 is 64.6 Å². The number of hydrogen-bond acceptors (Lipinski definition) is 12. The van der Waals surface area contributed by atoms with Gasteiger partial charge in [0.15, 0.2) is 0 Å². The smallest absolute Gasteiger partial charge is 0.400 e. The van der Waals surface area contributed by atoms with Gasteiger partial charge in [-0.05, 0) is 0 Å². The first kappa shape index (κ1) is 20.9. The maximum Gasteiger partial charge on any atom is 0.400 e. The predicted molar refractivity (Wildman–Crippen MR) is 63.0 cm³/mol. The number of amides is 2. The highest BCUT2D eigenvalue weighted by atomic mass is 32.3. The van der Waals surface area contributed by atoms with Gasteiger partial charge < -0.3 is 24.9 Å². The Balaban J connectivity index is 4.09. The summed E-state index contributed by atoms with van der Waals surface area (Å²) in [4.78, 5) is 39.6. The van der Waals surface area contributed by atoms with Crippen LogP contribution in [0.3, 0.4) is 0 Å². The zero-order chi connectivity index (χ0) is 20.0. The molecule has 3 N–H and O–H groups in total. The van der Waals surface area contributed by atoms with E-state index in [0.717, 1.165) is 0 Å². The SMILES string of the molecule is O=C1CCC(=O)N1C(OS(=O)(=O)O)(C(=O)[O-])C(O)(C(=O)[O-])S(=O)(=O)O. The Labute approximate surface area is 138 Å². The van der Waals surface area contributed by atoms with Crippen molar-refractivity contribution in [1.29, 1.82) is 0 Å². The van der Waals surface area contributed by atoms with Crippen LogP contribution in [0.5, 0.6) is 0 Å². The number of carboxylic acids is 2. The molecule has 1 aliphatic rings. The predicted octanol–water partition coefficient (Wildman–Crippen LogP) is -6.27. The summed E-state index contributed by atoms with van der Waals surface area (Å²) in [5.41, 5.74) is -4.97. The number of carbonyl (C=O) groups is 4. The van der Waals surface area contributed by atoms with E-state index in [9.17, 15) is 51.3 Å². The van der Waals surface area contributed by atoms with Gasteiger partial charge in [-0.2, -0.15) is 16.8 Å². The Hall–Kier alpha value is -2.18. The van der Waals surface area contributed by atoms with Gasteiger partial charge in [-0.25, -0.2) is 9.08 Å². The minimum atomic E-state index is -6.60. The van der Waals surface area contributed by atoms with Crippen molar-refractivity contribution in [2.24, 2.45) is 0 Å². The highest BCUT2D eigenvalue weighted by Crippen LogP contribution is 2.38. The molecule has 1 fully saturated rings. The summed E-state index contributed by atoms with van der Waals surface area (Å²) in [7, 11) is -12.8. The maximum atomic E-state index is 11.7. The molecule has 15 nitrogen and oxygen atoms in total. The number of carboxylic acid groups (broad SMARTS) is 2. The van der Waals surface area contributed by atoms with Crippen LogP contribution in [0.2, 0.25) is 0 Å². The van der Waals surface area contributed by atoms with E-state index in [1.807, 2.05) is 0 Å². The number of likely N-dealkylation sites (tertiary alicyclic amines) is 1. The molecule has 0 radical (unpaired) electrons. The van der Waals surface area contributed by atoms with Crippen molar-refractivity contribution in [3.05, 3.63) is 0 Å². The van der Waals surface area contributed by atoms with E-state index in [1.54, 1.807) is 0 Å². The van der Waals surface area contributed by atoms with Crippen molar-refractivity contribution in [3.8, 4) is 0 Å². The summed E-state index contributed by atoms with van der Waals surface area (Å²) in [6, 6.07) is 0. The largest absolute Gasteiger partial charge is 0.546 e. The van der Waals surface area contributed by atoms with E-state index in [4.69, 9.17) is 9.11 Å². The molecule has 0 aromatic rings. The standard InChI is InChI=1S/C8H9NO14S2/c10-3-1-2-4(11)9(3)7(5(12)13,23-25(20,21)22)8(16,6(14)15)24(17,18)19/h16H,1-2H2,(H,12,13)(H,14,15)(H,17,18,19)(H,20,21,22)/p-2. The van der Waals surface area contributed by atoms with Crippen LogP contribution in [0.15, 0.2) is 0 Å². The highest BCUT2D eigenvalue weighted by Gasteiger charge is 2.71. The molecule has 0 bridgehead atoms. The topological polar surface area (TPSA) is 256 Å². The van der Waals surface area contributed by atoms with Crippen molar-refractivity contribution in [2.75, 3.05) is 0 Å². The summed E-state index contributed by atoms with van der Waals surface area (Å²) < 4.78 is 65.4. The third kappa shape index (κ3) is 3.07. The summed E-state index contributed by atoms with van der Waals surface area (Å²) in [6.07, 6.45) is -1.78. The molecule has 1 rings (SSSR count). The number of rotatable bonds is 7. The average molecular weight is 405 g/mol. The number of imide groups is 1. The molecule has 1 aliphatic heterocycles. The number of nitrogens with zero attached hydrogens (tertiary/aromatic N) is 1. The first-order valence-electron chi connectivity index (χ1n) is 5.68. The van der Waals surface area contributed by atoms with E-state index in [2.05, 4.69) is 4.18 Å². The first-order chi connectivity index (χ1) is 11.0. The zero-order valence-corrected chi connectivity index (χ0v) is 13.1. The number of carbonyl (C=O) groups excluding carboxylic acids is 4. The van der Waals surface area contributed by atoms with Gasteiger partial charge in [-0.1, -0.05) is 0 Å². The first-order valence-corrected chi connectivity index (χ1v) is 8.49. The number of aliphatic hydroxyl groups is 1. The van der Waals surface area contributed by atoms with E-state index >= 15 is 0 Å². The van der Waals surface area contributed by atoms with Crippen molar-refractivity contribution in [1.82, 2.24) is 4.90 Å². The van der Waals surface area contributed by atoms with Crippen LogP contribution in [0.1, 0.15) is 12.8 Å². The normalized spacial score (nSPS) is 20.8. The fourth-order valence-corrected chi connectivity index (χ4v) is 3.40. The van der Waals surface area contributed by atoms with Crippen LogP contribution >= 0.6 is 0 Å². The molecular weight excluding hydrogens is 398 g/mol. The summed E-state index contributed by atoms with van der Waals surface area (Å²) >= 11 is 0. The highest BCUT2D eigenvalue weighted by molar-refractivity contribution is 7.88. The molecule has 2 atom stereocenters. The van der Waals surface area contributed by atoms with Gasteiger partial charge in [0.2, 0.25) is 11.8 Å². The van der Waals surface area contributed by atoms with Gasteiger partial charge >= 0.3 is 20.5 Å². The summed E-state index contributed by atoms with van der Waals surface area (Å²) in [5, 5.41) is 32.3. The fourth-order valence-electron chi connectivity index (χ4n) is 2.01. The molecule has 0 aliphatic carbocycles. The maximum absolute atomic E-state index is 11.7. The second kappa shape index (κ2) is 5.97. The van der Waals surface area contributed by atoms with Crippen molar-refractivity contribution >= 4 is 44.3 Å². The van der Waals surface area contributed by atoms with E-state index in [-0.39, 0.29) is 0 Å². The number of aliphatic carboxylic acids is 2. The lowest BCUT2D eigenvalue weighted by Crippen LogP contribution is -2.81. The van der Waals surface area contributed by atoms with Gasteiger partial charge in [0.1, 0.15) is 5.97 Å². The summed E-state index contributed by atoms with van der Waals surface area (Å²) in [5.74, 6) is -10.2. The Morgan fingerprint density at radius 3 is 1.64 bits per heavy atom. The van der Waals surface area contributed by atoms with E-state index < -0.39 is 72.7 Å². The molecule has 2 amide bonds. The average Bonchev–Trinajstić information content (AvgIpc) is 2.72. The van der Waals surface area contributed by atoms with Crippen LogP contribution in [-0.2, 0) is 43.9 Å². The minimum absolute atomic E-state index is 0.892. The molecular formula is C8H7NO14S2-2. The third-order valence-electron chi connectivity index (χ3n) is 2.98. The molecule has 25 heavy (non-hydrogen) atoms. The molecule has 1 heterocycles. The lowest BCUT2D eigenvalue weighted by Gasteiger charge is -2.47. The van der Waals surface area contributed by atoms with Gasteiger partial charge in [-0.15, -0.1) is 0 Å². The van der Waals surface area contributed by atoms with Gasteiger partial charge in [0, 0.05) is 12.8 Å². The van der Waals surface area contributed by atoms with Crippen molar-refractivity contribution in [3.63, 3.8) is 0 Å². The van der Waals surface area contributed by atoms with Crippen LogP contribution in [-0.4, -0.2) is 70.4 Å². The Bertz CT molecular complexity index is 841. The van der Waals surface area contributed by atoms with Crippen molar-refractivity contribution in [2.45, 2.75) is 23.5 Å². The molecule has 0 aromatic carbocycles. The lowest BCUT2D eigenvalue weighted by atomic mass is 10.0. The second-order valence-electron chi connectivity index (χ2n) is 4.47. The molecule has 2 unspecified atom stereocenters. The molecule has 17 heteroatoms. The van der Waals surface area contributed by atoms with Crippen LogP contribution < -0.4 is 10.2 Å². The molecule has 0 aromatic heterocycles. The molecule has 0 spiro atoms. The zero-order valence-electron chi connectivity index (χ0n) is 11.5. The molecule has 1 saturated heterocycles. The third-order valence-corrected chi connectivity index (χ3v) is 4.62. The number of hydrogen-bond donors (Lipinski definition) is 3. The van der Waals surface area contributed by atoms with Crippen LogP contribution in [0.4, 0.5) is 0 Å². The molecule has 0 saturated carbocycles. The summed E-state index contributed by atoms with van der Waals surface area (Å²) in [6.45, 7) is 0. The second-order valence-corrected chi connectivity index (χ2v) is 7.04. The molecule has 142 valence electrons. The monoisotopic (exact) mass is 405 g/mol. The van der Waals surface area contributed by atoms with Crippen LogP contribution in [0.25, 0.3) is 0 Å². The van der Waals surface area contributed by atoms with Gasteiger partial charge in [0.05, 0.1) is 5.97 Å². The minimum Gasteiger partial charge on any atom is -0.546 e. The fraction of sp³-hybridized carbons (Fsp3) is 0.500. The Morgan fingerprint density at radius 1 is 1.00 bits per heavy atom. The lowest BCUT2D eigenvalue weighted by molar-refractivity contribution is -0.356. The quantitative estimate of drug-likeness (QED) is 0.263. The van der Waals surface area contributed by atoms with Gasteiger partial charge in [0.25, 0.3) is 10.7 Å². The van der Waals surface area contributed by atoms with E-state index in [0.29, 0.717) is 0 Å².